The fourth-order valence-electron chi connectivity index (χ4n) is 12.2. The summed E-state index contributed by atoms with van der Waals surface area (Å²) < 4.78 is 68.6. The SMILES string of the molecule is CCC(C)CCCCCCCCCCCCCCCCCCCCC(=O)OC[C@H](COP(=O)(O)OC[C@@H](O)COP(=O)(O)OC[C@@H](COC(=O)CCCCCCCCC(C)C)OC(=O)CCCCCCCCCCC(C)CC)OC(=O)CCCCCCCCCCCCCCCC(C)C. The molecule has 0 fully saturated rings. The Bertz CT molecular complexity index is 1940. The Morgan fingerprint density at radius 2 is 0.485 bits per heavy atom. The van der Waals surface area contributed by atoms with Crippen molar-refractivity contribution in [3.05, 3.63) is 0 Å². The number of rotatable bonds is 77. The number of carbonyl (C=O) groups excluding carboxylic acids is 4. The molecule has 7 atom stereocenters. The van der Waals surface area contributed by atoms with Crippen molar-refractivity contribution < 1.29 is 80.2 Å². The smallest absolute Gasteiger partial charge is 0.462 e. The van der Waals surface area contributed by atoms with Crippen molar-refractivity contribution in [3.8, 4) is 0 Å². The third-order valence-electron chi connectivity index (χ3n) is 19.3. The van der Waals surface area contributed by atoms with Gasteiger partial charge in [0.05, 0.1) is 26.4 Å². The summed E-state index contributed by atoms with van der Waals surface area (Å²) in [5, 5.41) is 10.6. The Morgan fingerprint density at radius 3 is 0.717 bits per heavy atom. The number of phosphoric acid groups is 2. The monoisotopic (exact) mass is 1450 g/mol. The highest BCUT2D eigenvalue weighted by molar-refractivity contribution is 7.47. The molecule has 588 valence electrons. The van der Waals surface area contributed by atoms with Crippen LogP contribution in [0.25, 0.3) is 0 Å². The van der Waals surface area contributed by atoms with E-state index in [1.165, 1.54) is 205 Å². The highest BCUT2D eigenvalue weighted by atomic mass is 31.2. The Hall–Kier alpha value is -1.94. The van der Waals surface area contributed by atoms with Gasteiger partial charge in [0.2, 0.25) is 0 Å². The Labute approximate surface area is 607 Å². The zero-order chi connectivity index (χ0) is 73.1. The molecule has 19 heteroatoms. The van der Waals surface area contributed by atoms with Gasteiger partial charge in [-0.2, -0.15) is 0 Å². The molecular weight excluding hydrogens is 1290 g/mol. The van der Waals surface area contributed by atoms with Crippen molar-refractivity contribution in [2.45, 2.75) is 427 Å². The summed E-state index contributed by atoms with van der Waals surface area (Å²) in [7, 11) is -9.92. The van der Waals surface area contributed by atoms with Gasteiger partial charge in [0, 0.05) is 25.7 Å². The van der Waals surface area contributed by atoms with E-state index in [1.54, 1.807) is 0 Å². The van der Waals surface area contributed by atoms with Gasteiger partial charge in [-0.3, -0.25) is 37.3 Å². The van der Waals surface area contributed by atoms with E-state index in [4.69, 9.17) is 37.0 Å². The molecule has 0 rings (SSSR count). The van der Waals surface area contributed by atoms with E-state index in [2.05, 4.69) is 55.4 Å². The van der Waals surface area contributed by atoms with Crippen LogP contribution in [0.1, 0.15) is 409 Å². The highest BCUT2D eigenvalue weighted by Gasteiger charge is 2.30. The van der Waals surface area contributed by atoms with Gasteiger partial charge in [-0.15, -0.1) is 0 Å². The van der Waals surface area contributed by atoms with E-state index in [0.717, 1.165) is 114 Å². The van der Waals surface area contributed by atoms with Gasteiger partial charge in [-0.05, 0) is 49.4 Å². The summed E-state index contributed by atoms with van der Waals surface area (Å²) in [6.07, 6.45) is 55.7. The van der Waals surface area contributed by atoms with Gasteiger partial charge in [0.25, 0.3) is 0 Å². The van der Waals surface area contributed by atoms with Crippen LogP contribution in [-0.4, -0.2) is 96.7 Å². The van der Waals surface area contributed by atoms with Crippen molar-refractivity contribution in [1.82, 2.24) is 0 Å². The molecule has 17 nitrogen and oxygen atoms in total. The minimum atomic E-state index is -4.96. The maximum Gasteiger partial charge on any atom is 0.472 e. The van der Waals surface area contributed by atoms with Gasteiger partial charge in [0.1, 0.15) is 19.3 Å². The number of aliphatic hydroxyl groups excluding tert-OH is 1. The summed E-state index contributed by atoms with van der Waals surface area (Å²) in [6.45, 7) is 14.2. The number of hydrogen-bond donors (Lipinski definition) is 3. The summed E-state index contributed by atoms with van der Waals surface area (Å²) in [4.78, 5) is 72.9. The third kappa shape index (κ3) is 71.5. The molecule has 0 amide bonds. The standard InChI is InChI=1S/C80H156O17P2/c1-9-72(7)58-50-42-33-27-23-19-15-13-11-12-14-16-20-24-28-35-44-52-60-77(82)90-66-75(96-79(84)62-54-46-36-29-25-21-17-18-22-26-32-40-48-56-70(3)4)68-94-98(86,87)92-64-74(81)65-93-99(88,89)95-69-76(67-91-78(83)61-53-45-39-38-41-49-57-71(5)6)97-80(85)63-55-47-37-31-30-34-43-51-59-73(8)10-2/h70-76,81H,9-69H2,1-8H3,(H,86,87)(H,88,89)/t72?,73?,74-,75-,76-/m1/s1. The number of ether oxygens (including phenoxy) is 4. The zero-order valence-electron chi connectivity index (χ0n) is 65.1. The number of aliphatic hydroxyl groups is 1. The maximum atomic E-state index is 13.1. The van der Waals surface area contributed by atoms with E-state index < -0.39 is 97.5 Å². The van der Waals surface area contributed by atoms with Crippen LogP contribution in [0, 0.1) is 23.7 Å². The molecule has 0 bridgehead atoms. The first-order valence-corrected chi connectivity index (χ1v) is 44.3. The molecule has 0 aliphatic rings. The molecule has 0 aromatic rings. The molecule has 0 aromatic heterocycles. The molecule has 4 unspecified atom stereocenters. The van der Waals surface area contributed by atoms with Crippen LogP contribution in [0.3, 0.4) is 0 Å². The van der Waals surface area contributed by atoms with Crippen molar-refractivity contribution in [2.24, 2.45) is 23.7 Å². The number of hydrogen-bond acceptors (Lipinski definition) is 15. The first-order chi connectivity index (χ1) is 47.7. The van der Waals surface area contributed by atoms with Crippen molar-refractivity contribution in [3.63, 3.8) is 0 Å². The highest BCUT2D eigenvalue weighted by Crippen LogP contribution is 2.45. The lowest BCUT2D eigenvalue weighted by atomic mass is 9.99. The number of unbranched alkanes of at least 4 members (excludes halogenated alkanes) is 41. The number of carbonyl (C=O) groups is 4. The zero-order valence-corrected chi connectivity index (χ0v) is 66.9. The number of phosphoric ester groups is 2. The van der Waals surface area contributed by atoms with Crippen LogP contribution in [0.4, 0.5) is 0 Å². The molecule has 0 radical (unpaired) electrons. The van der Waals surface area contributed by atoms with E-state index in [9.17, 15) is 43.2 Å². The topological polar surface area (TPSA) is 237 Å². The summed E-state index contributed by atoms with van der Waals surface area (Å²) in [5.41, 5.74) is 0. The average Bonchev–Trinajstić information content (AvgIpc) is 1.06. The van der Waals surface area contributed by atoms with Crippen LogP contribution < -0.4 is 0 Å². The largest absolute Gasteiger partial charge is 0.472 e. The average molecular weight is 1450 g/mol. The minimum Gasteiger partial charge on any atom is -0.462 e. The molecule has 0 saturated carbocycles. The van der Waals surface area contributed by atoms with Gasteiger partial charge in [-0.25, -0.2) is 9.13 Å². The normalized spacial score (nSPS) is 14.6. The van der Waals surface area contributed by atoms with Gasteiger partial charge in [-0.1, -0.05) is 357 Å². The van der Waals surface area contributed by atoms with Crippen molar-refractivity contribution in [2.75, 3.05) is 39.6 Å². The van der Waals surface area contributed by atoms with E-state index in [1.807, 2.05) is 0 Å². The lowest BCUT2D eigenvalue weighted by Gasteiger charge is -2.21. The fraction of sp³-hybridized carbons (Fsp3) is 0.950. The third-order valence-corrected chi connectivity index (χ3v) is 21.2. The van der Waals surface area contributed by atoms with Gasteiger partial charge < -0.3 is 33.8 Å². The van der Waals surface area contributed by atoms with Crippen LogP contribution in [0.2, 0.25) is 0 Å². The molecule has 99 heavy (non-hydrogen) atoms. The van der Waals surface area contributed by atoms with Crippen LogP contribution >= 0.6 is 15.6 Å². The maximum absolute atomic E-state index is 13.1. The molecule has 0 aliphatic heterocycles. The molecule has 0 saturated heterocycles. The molecule has 0 aromatic carbocycles. The lowest BCUT2D eigenvalue weighted by Crippen LogP contribution is -2.30. The fourth-order valence-corrected chi connectivity index (χ4v) is 13.8. The first kappa shape index (κ1) is 97.1. The lowest BCUT2D eigenvalue weighted by molar-refractivity contribution is -0.161. The summed E-state index contributed by atoms with van der Waals surface area (Å²) in [6, 6.07) is 0. The predicted molar refractivity (Wildman–Crippen MR) is 404 cm³/mol. The van der Waals surface area contributed by atoms with Crippen LogP contribution in [0.5, 0.6) is 0 Å². The second-order valence-electron chi connectivity index (χ2n) is 30.2. The van der Waals surface area contributed by atoms with Gasteiger partial charge >= 0.3 is 39.5 Å². The summed E-state index contributed by atoms with van der Waals surface area (Å²) in [5.74, 6) is 0.989. The predicted octanol–water partition coefficient (Wildman–Crippen LogP) is 23.6. The quantitative estimate of drug-likeness (QED) is 0.0222. The molecule has 0 heterocycles. The van der Waals surface area contributed by atoms with E-state index in [0.29, 0.717) is 31.6 Å². The number of esters is 4. The Balaban J connectivity index is 5.19. The Morgan fingerprint density at radius 1 is 0.283 bits per heavy atom. The second-order valence-corrected chi connectivity index (χ2v) is 33.1. The van der Waals surface area contributed by atoms with Crippen molar-refractivity contribution in [1.29, 1.82) is 0 Å². The molecule has 0 aliphatic carbocycles. The van der Waals surface area contributed by atoms with E-state index in [-0.39, 0.29) is 25.7 Å². The van der Waals surface area contributed by atoms with Crippen LogP contribution in [0.15, 0.2) is 0 Å². The first-order valence-electron chi connectivity index (χ1n) is 41.3. The second kappa shape index (κ2) is 69.1. The molecule has 0 spiro atoms. The van der Waals surface area contributed by atoms with E-state index >= 15 is 0 Å². The Kier molecular flexibility index (Phi) is 67.8. The van der Waals surface area contributed by atoms with Crippen molar-refractivity contribution >= 4 is 39.5 Å². The molecule has 3 N–H and O–H groups in total. The minimum absolute atomic E-state index is 0.104. The van der Waals surface area contributed by atoms with Crippen LogP contribution in [-0.2, 0) is 65.4 Å². The van der Waals surface area contributed by atoms with Gasteiger partial charge in [0.15, 0.2) is 12.2 Å². The molecular formula is C80H156O17P2. The summed E-state index contributed by atoms with van der Waals surface area (Å²) >= 11 is 0.